The zero-order chi connectivity index (χ0) is 14.8. The predicted octanol–water partition coefficient (Wildman–Crippen LogP) is 1.70. The van der Waals surface area contributed by atoms with Gasteiger partial charge >= 0.3 is 0 Å². The van der Waals surface area contributed by atoms with Crippen molar-refractivity contribution < 1.29 is 4.79 Å². The molecule has 0 saturated carbocycles. The third-order valence-corrected chi connectivity index (χ3v) is 3.01. The number of aromatic nitrogens is 4. The molecule has 0 atom stereocenters. The van der Waals surface area contributed by atoms with Gasteiger partial charge in [0, 0.05) is 6.20 Å². The van der Waals surface area contributed by atoms with Crippen LogP contribution in [0.5, 0.6) is 0 Å². The lowest BCUT2D eigenvalue weighted by Crippen LogP contribution is -2.20. The van der Waals surface area contributed by atoms with Crippen molar-refractivity contribution in [2.45, 2.75) is 6.54 Å². The number of nitrogens with one attached hydrogen (secondary N) is 1. The first-order chi connectivity index (χ1) is 10.1. The van der Waals surface area contributed by atoms with Gasteiger partial charge in [0.1, 0.15) is 6.54 Å². The molecule has 3 rings (SSSR count). The number of carbonyl (C=O) groups excluding carboxylic acids is 1. The molecule has 0 fully saturated rings. The number of nitrogen functional groups attached to an aromatic ring is 1. The van der Waals surface area contributed by atoms with Crippen LogP contribution >= 0.6 is 11.6 Å². The van der Waals surface area contributed by atoms with Crippen molar-refractivity contribution in [2.75, 3.05) is 11.1 Å². The van der Waals surface area contributed by atoms with E-state index >= 15 is 0 Å². The number of halogens is 1. The van der Waals surface area contributed by atoms with E-state index in [0.29, 0.717) is 16.7 Å². The average Bonchev–Trinajstić information content (AvgIpc) is 2.85. The van der Waals surface area contributed by atoms with Gasteiger partial charge in [-0.05, 0) is 12.1 Å². The van der Waals surface area contributed by atoms with Gasteiger partial charge in [0.25, 0.3) is 0 Å². The monoisotopic (exact) mass is 302 g/mol. The molecule has 2 heterocycles. The van der Waals surface area contributed by atoms with Gasteiger partial charge in [0.2, 0.25) is 5.91 Å². The second kappa shape index (κ2) is 5.37. The zero-order valence-corrected chi connectivity index (χ0v) is 11.6. The molecule has 0 spiro atoms. The summed E-state index contributed by atoms with van der Waals surface area (Å²) < 4.78 is 1.42. The third kappa shape index (κ3) is 2.92. The standard InChI is InChI=1S/C13H11ClN6O/c14-12-13(18-10-4-2-1-3-9(10)17-12)19-11(21)7-20-6-8(15)5-16-20/h1-6H,7,15H2,(H,18,19,21). The number of hydrogen-bond acceptors (Lipinski definition) is 5. The van der Waals surface area contributed by atoms with E-state index in [2.05, 4.69) is 20.4 Å². The van der Waals surface area contributed by atoms with Gasteiger partial charge < -0.3 is 11.1 Å². The van der Waals surface area contributed by atoms with Crippen molar-refractivity contribution in [1.82, 2.24) is 19.7 Å². The van der Waals surface area contributed by atoms with E-state index in [0.717, 1.165) is 0 Å². The molecule has 0 radical (unpaired) electrons. The maximum absolute atomic E-state index is 11.9. The van der Waals surface area contributed by atoms with Crippen LogP contribution in [0.15, 0.2) is 36.7 Å². The Morgan fingerprint density at radius 2 is 2.00 bits per heavy atom. The van der Waals surface area contributed by atoms with E-state index < -0.39 is 0 Å². The van der Waals surface area contributed by atoms with E-state index in [1.807, 2.05) is 12.1 Å². The van der Waals surface area contributed by atoms with Gasteiger partial charge in [-0.2, -0.15) is 5.10 Å². The molecule has 8 heteroatoms. The highest BCUT2D eigenvalue weighted by Crippen LogP contribution is 2.20. The minimum atomic E-state index is -0.315. The lowest BCUT2D eigenvalue weighted by atomic mass is 10.3. The van der Waals surface area contributed by atoms with E-state index in [4.69, 9.17) is 17.3 Å². The van der Waals surface area contributed by atoms with E-state index in [9.17, 15) is 4.79 Å². The number of rotatable bonds is 3. The smallest absolute Gasteiger partial charge is 0.247 e. The fraction of sp³-hybridized carbons (Fsp3) is 0.0769. The number of nitrogens with two attached hydrogens (primary N) is 1. The Labute approximate surface area is 124 Å². The number of nitrogens with zero attached hydrogens (tertiary/aromatic N) is 4. The molecule has 0 aliphatic heterocycles. The first-order valence-corrected chi connectivity index (χ1v) is 6.50. The largest absolute Gasteiger partial charge is 0.396 e. The number of hydrogen-bond donors (Lipinski definition) is 2. The zero-order valence-electron chi connectivity index (χ0n) is 10.8. The number of para-hydroxylation sites is 2. The summed E-state index contributed by atoms with van der Waals surface area (Å²) in [5.74, 6) is -0.0925. The summed E-state index contributed by atoms with van der Waals surface area (Å²) in [6, 6.07) is 7.27. The summed E-state index contributed by atoms with van der Waals surface area (Å²) >= 11 is 6.02. The van der Waals surface area contributed by atoms with Crippen molar-refractivity contribution >= 4 is 40.0 Å². The number of benzene rings is 1. The van der Waals surface area contributed by atoms with Crippen LogP contribution in [-0.4, -0.2) is 25.7 Å². The van der Waals surface area contributed by atoms with Crippen LogP contribution in [0.1, 0.15) is 0 Å². The molecule has 3 N–H and O–H groups in total. The van der Waals surface area contributed by atoms with Crippen molar-refractivity contribution in [1.29, 1.82) is 0 Å². The molecule has 0 saturated heterocycles. The molecular weight excluding hydrogens is 292 g/mol. The van der Waals surface area contributed by atoms with Gasteiger partial charge in [-0.15, -0.1) is 0 Å². The first kappa shape index (κ1) is 13.3. The molecule has 0 aliphatic carbocycles. The van der Waals surface area contributed by atoms with Crippen LogP contribution in [0, 0.1) is 0 Å². The lowest BCUT2D eigenvalue weighted by molar-refractivity contribution is -0.116. The summed E-state index contributed by atoms with van der Waals surface area (Å²) in [5, 5.41) is 6.69. The molecule has 106 valence electrons. The molecule has 0 aliphatic rings. The maximum atomic E-state index is 11.9. The fourth-order valence-electron chi connectivity index (χ4n) is 1.84. The molecule has 7 nitrogen and oxygen atoms in total. The Morgan fingerprint density at radius 3 is 2.67 bits per heavy atom. The van der Waals surface area contributed by atoms with Crippen molar-refractivity contribution in [3.8, 4) is 0 Å². The SMILES string of the molecule is Nc1cnn(CC(=O)Nc2nc3ccccc3nc2Cl)c1. The Kier molecular flexibility index (Phi) is 3.41. The van der Waals surface area contributed by atoms with Crippen LogP contribution in [0.4, 0.5) is 11.5 Å². The van der Waals surface area contributed by atoms with E-state index in [-0.39, 0.29) is 23.4 Å². The highest BCUT2D eigenvalue weighted by molar-refractivity contribution is 6.32. The summed E-state index contributed by atoms with van der Waals surface area (Å²) in [6.45, 7) is 0.0159. The second-order valence-electron chi connectivity index (χ2n) is 4.37. The van der Waals surface area contributed by atoms with E-state index in [1.165, 1.54) is 10.9 Å². The molecule has 2 aromatic heterocycles. The van der Waals surface area contributed by atoms with Crippen LogP contribution in [0.2, 0.25) is 5.15 Å². The van der Waals surface area contributed by atoms with Crippen LogP contribution in [0.25, 0.3) is 11.0 Å². The minimum Gasteiger partial charge on any atom is -0.396 e. The summed E-state index contributed by atoms with van der Waals surface area (Å²) in [4.78, 5) is 20.4. The first-order valence-electron chi connectivity index (χ1n) is 6.12. The molecule has 3 aromatic rings. The van der Waals surface area contributed by atoms with Gasteiger partial charge in [-0.1, -0.05) is 23.7 Å². The normalized spacial score (nSPS) is 10.7. The number of fused-ring (bicyclic) bond motifs is 1. The lowest BCUT2D eigenvalue weighted by Gasteiger charge is -2.07. The number of carbonyl (C=O) groups is 1. The molecule has 0 unspecified atom stereocenters. The summed E-state index contributed by atoms with van der Waals surface area (Å²) in [7, 11) is 0. The highest BCUT2D eigenvalue weighted by Gasteiger charge is 2.11. The molecule has 1 amide bonds. The predicted molar refractivity (Wildman–Crippen MR) is 79.8 cm³/mol. The van der Waals surface area contributed by atoms with Gasteiger partial charge in [0.05, 0.1) is 22.9 Å². The summed E-state index contributed by atoms with van der Waals surface area (Å²) in [5.41, 5.74) is 7.35. The number of anilines is 2. The molecule has 0 bridgehead atoms. The quantitative estimate of drug-likeness (QED) is 0.767. The van der Waals surface area contributed by atoms with Crippen LogP contribution in [-0.2, 0) is 11.3 Å². The highest BCUT2D eigenvalue weighted by atomic mass is 35.5. The fourth-order valence-corrected chi connectivity index (χ4v) is 2.02. The van der Waals surface area contributed by atoms with Crippen LogP contribution in [0.3, 0.4) is 0 Å². The van der Waals surface area contributed by atoms with Crippen LogP contribution < -0.4 is 11.1 Å². The summed E-state index contributed by atoms with van der Waals surface area (Å²) in [6.07, 6.45) is 3.03. The third-order valence-electron chi connectivity index (χ3n) is 2.74. The molecule has 1 aromatic carbocycles. The van der Waals surface area contributed by atoms with Gasteiger partial charge in [-0.25, -0.2) is 9.97 Å². The van der Waals surface area contributed by atoms with Crippen molar-refractivity contribution in [2.24, 2.45) is 0 Å². The Hall–Kier alpha value is -2.67. The second-order valence-corrected chi connectivity index (χ2v) is 4.73. The minimum absolute atomic E-state index is 0.0159. The van der Waals surface area contributed by atoms with E-state index in [1.54, 1.807) is 18.3 Å². The Balaban J connectivity index is 1.80. The Bertz CT molecular complexity index is 815. The maximum Gasteiger partial charge on any atom is 0.247 e. The molecule has 21 heavy (non-hydrogen) atoms. The number of amides is 1. The molecular formula is C13H11ClN6O. The van der Waals surface area contributed by atoms with Gasteiger partial charge in [-0.3, -0.25) is 9.48 Å². The topological polar surface area (TPSA) is 98.7 Å². The average molecular weight is 303 g/mol. The Morgan fingerprint density at radius 1 is 1.29 bits per heavy atom. The van der Waals surface area contributed by atoms with Gasteiger partial charge in [0.15, 0.2) is 11.0 Å². The van der Waals surface area contributed by atoms with Crippen molar-refractivity contribution in [3.05, 3.63) is 41.8 Å². The van der Waals surface area contributed by atoms with Crippen molar-refractivity contribution in [3.63, 3.8) is 0 Å².